The molecule has 33 heavy (non-hydrogen) atoms. The molecule has 0 saturated carbocycles. The molecule has 0 aliphatic carbocycles. The monoisotopic (exact) mass is 541 g/mol. The standard InChI is InChI=1S/C17H25F9N3O2S.ClH/c1-27(2)32(30,31)29-12-11-28(13-29)10-8-6-4-3-5-7-9-14(18,19)15(20,21)16(22,23)17(24,25)26;/h11-13H,3-10H2,1-2H3;1H/q+1;/p-1. The molecule has 0 radical (unpaired) electrons. The molecule has 0 saturated heterocycles. The van der Waals surface area contributed by atoms with Crippen LogP contribution in [0.1, 0.15) is 44.9 Å². The lowest BCUT2D eigenvalue weighted by atomic mass is 9.98. The number of rotatable bonds is 13. The van der Waals surface area contributed by atoms with Gasteiger partial charge in [-0.3, -0.25) is 0 Å². The minimum absolute atomic E-state index is 0. The molecule has 0 aliphatic rings. The quantitative estimate of drug-likeness (QED) is 0.217. The van der Waals surface area contributed by atoms with Gasteiger partial charge < -0.3 is 12.4 Å². The number of unbranched alkanes of at least 4 members (excludes halogenated alkanes) is 5. The third-order valence-corrected chi connectivity index (χ3v) is 6.43. The van der Waals surface area contributed by atoms with Gasteiger partial charge in [-0.05, 0) is 19.3 Å². The summed E-state index contributed by atoms with van der Waals surface area (Å²) in [5.41, 5.74) is 0. The van der Waals surface area contributed by atoms with E-state index in [4.69, 9.17) is 0 Å². The van der Waals surface area contributed by atoms with Crippen molar-refractivity contribution in [2.45, 2.75) is 75.4 Å². The summed E-state index contributed by atoms with van der Waals surface area (Å²) >= 11 is 0. The summed E-state index contributed by atoms with van der Waals surface area (Å²) < 4.78 is 142. The van der Waals surface area contributed by atoms with Gasteiger partial charge in [0.05, 0.1) is 6.54 Å². The van der Waals surface area contributed by atoms with E-state index in [1.807, 2.05) is 0 Å². The van der Waals surface area contributed by atoms with E-state index in [2.05, 4.69) is 0 Å². The summed E-state index contributed by atoms with van der Waals surface area (Å²) in [6, 6.07) is 0. The van der Waals surface area contributed by atoms with Gasteiger partial charge in [-0.2, -0.15) is 52.2 Å². The van der Waals surface area contributed by atoms with Gasteiger partial charge in [0.2, 0.25) is 0 Å². The lowest BCUT2D eigenvalue weighted by Crippen LogP contribution is -3.00. The van der Waals surface area contributed by atoms with Crippen LogP contribution in [0.15, 0.2) is 18.7 Å². The number of aromatic nitrogens is 2. The molecule has 0 unspecified atom stereocenters. The highest BCUT2D eigenvalue weighted by atomic mass is 35.5. The van der Waals surface area contributed by atoms with Crippen molar-refractivity contribution in [2.75, 3.05) is 14.1 Å². The molecule has 0 amide bonds. The molecular formula is C17H25ClF9N3O2S. The van der Waals surface area contributed by atoms with Gasteiger partial charge in [-0.1, -0.05) is 19.3 Å². The second kappa shape index (κ2) is 11.5. The predicted molar refractivity (Wildman–Crippen MR) is 95.8 cm³/mol. The highest BCUT2D eigenvalue weighted by molar-refractivity contribution is 7.87. The second-order valence-electron chi connectivity index (χ2n) is 7.49. The first-order valence-electron chi connectivity index (χ1n) is 9.58. The van der Waals surface area contributed by atoms with Gasteiger partial charge in [0, 0.05) is 20.5 Å². The molecule has 0 spiro atoms. The van der Waals surface area contributed by atoms with E-state index >= 15 is 0 Å². The molecule has 1 aromatic heterocycles. The molecule has 0 atom stereocenters. The van der Waals surface area contributed by atoms with Crippen molar-refractivity contribution in [2.24, 2.45) is 0 Å². The largest absolute Gasteiger partial charge is 1.00 e. The molecule has 1 rings (SSSR count). The molecule has 196 valence electrons. The third kappa shape index (κ3) is 7.38. The van der Waals surface area contributed by atoms with Crippen LogP contribution >= 0.6 is 0 Å². The van der Waals surface area contributed by atoms with Gasteiger partial charge >= 0.3 is 34.2 Å². The number of hydrogen-bond acceptors (Lipinski definition) is 2. The van der Waals surface area contributed by atoms with Gasteiger partial charge in [-0.15, -0.1) is 3.97 Å². The molecule has 0 N–H and O–H groups in total. The highest BCUT2D eigenvalue weighted by Gasteiger charge is 2.81. The van der Waals surface area contributed by atoms with Crippen LogP contribution in [-0.2, 0) is 16.8 Å². The van der Waals surface area contributed by atoms with Gasteiger partial charge in [0.25, 0.3) is 6.33 Å². The van der Waals surface area contributed by atoms with Crippen molar-refractivity contribution in [1.29, 1.82) is 0 Å². The minimum atomic E-state index is -6.84. The molecule has 1 heterocycles. The van der Waals surface area contributed by atoms with E-state index in [0.717, 1.165) is 8.28 Å². The maximum Gasteiger partial charge on any atom is 0.460 e. The van der Waals surface area contributed by atoms with E-state index in [0.29, 0.717) is 25.8 Å². The summed E-state index contributed by atoms with van der Waals surface area (Å²) in [6.07, 6.45) is -3.08. The van der Waals surface area contributed by atoms with E-state index < -0.39 is 47.0 Å². The first-order chi connectivity index (χ1) is 14.4. The van der Waals surface area contributed by atoms with Gasteiger partial charge in [0.15, 0.2) is 0 Å². The predicted octanol–water partition coefficient (Wildman–Crippen LogP) is 1.63. The van der Waals surface area contributed by atoms with Crippen LogP contribution in [-0.4, -0.2) is 54.7 Å². The van der Waals surface area contributed by atoms with Crippen molar-refractivity contribution < 1.29 is 64.9 Å². The molecule has 5 nitrogen and oxygen atoms in total. The van der Waals surface area contributed by atoms with E-state index in [-0.39, 0.29) is 25.2 Å². The van der Waals surface area contributed by atoms with E-state index in [1.165, 1.54) is 26.6 Å². The first-order valence-corrected chi connectivity index (χ1v) is 11.0. The Kier molecular flexibility index (Phi) is 11.0. The summed E-state index contributed by atoms with van der Waals surface area (Å²) in [5.74, 6) is -18.9. The summed E-state index contributed by atoms with van der Waals surface area (Å²) in [7, 11) is -0.889. The van der Waals surface area contributed by atoms with E-state index in [9.17, 15) is 47.9 Å². The number of hydrogen-bond donors (Lipinski definition) is 0. The van der Waals surface area contributed by atoms with Crippen molar-refractivity contribution in [3.63, 3.8) is 0 Å². The number of nitrogens with zero attached hydrogens (tertiary/aromatic N) is 3. The summed E-state index contributed by atoms with van der Waals surface area (Å²) in [4.78, 5) is 0. The smallest absolute Gasteiger partial charge is 0.460 e. The number of imidazole rings is 1. The van der Waals surface area contributed by atoms with Crippen LogP contribution in [0.2, 0.25) is 0 Å². The fourth-order valence-electron chi connectivity index (χ4n) is 2.74. The maximum atomic E-state index is 13.4. The highest BCUT2D eigenvalue weighted by Crippen LogP contribution is 2.54. The van der Waals surface area contributed by atoms with Crippen LogP contribution in [0.5, 0.6) is 0 Å². The van der Waals surface area contributed by atoms with Crippen LogP contribution in [0.25, 0.3) is 0 Å². The Morgan fingerprint density at radius 3 is 1.79 bits per heavy atom. The molecule has 0 aliphatic heterocycles. The average molecular weight is 542 g/mol. The Bertz CT molecular complexity index is 843. The lowest BCUT2D eigenvalue weighted by Gasteiger charge is -2.33. The zero-order valence-corrected chi connectivity index (χ0v) is 19.3. The Morgan fingerprint density at radius 1 is 0.818 bits per heavy atom. The van der Waals surface area contributed by atoms with Gasteiger partial charge in [-0.25, -0.2) is 4.57 Å². The Balaban J connectivity index is 0.0000102. The SMILES string of the molecule is CN(C)S(=O)(=O)n1cc[n+](CCCCCCCCC(F)(F)C(F)(F)C(F)(F)C(F)(F)F)c1.[Cl-]. The molecule has 1 aromatic rings. The van der Waals surface area contributed by atoms with Crippen LogP contribution in [0.3, 0.4) is 0 Å². The van der Waals surface area contributed by atoms with Crippen LogP contribution < -0.4 is 17.0 Å². The zero-order chi connectivity index (χ0) is 25.0. The third-order valence-electron chi connectivity index (χ3n) is 4.76. The maximum absolute atomic E-state index is 13.4. The molecule has 0 bridgehead atoms. The van der Waals surface area contributed by atoms with Crippen LogP contribution in [0.4, 0.5) is 39.5 Å². The fraction of sp³-hybridized carbons (Fsp3) is 0.824. The van der Waals surface area contributed by atoms with Crippen LogP contribution in [0, 0.1) is 0 Å². The minimum Gasteiger partial charge on any atom is -1.00 e. The van der Waals surface area contributed by atoms with Crippen molar-refractivity contribution in [3.8, 4) is 0 Å². The second-order valence-corrected chi connectivity index (χ2v) is 9.54. The topological polar surface area (TPSA) is 46.2 Å². The molecule has 0 fully saturated rings. The molecular weight excluding hydrogens is 517 g/mol. The normalized spacial score (nSPS) is 13.9. The van der Waals surface area contributed by atoms with Crippen molar-refractivity contribution in [3.05, 3.63) is 18.7 Å². The zero-order valence-electron chi connectivity index (χ0n) is 17.7. The average Bonchev–Trinajstić information content (AvgIpc) is 3.12. The number of alkyl halides is 9. The van der Waals surface area contributed by atoms with E-state index in [1.54, 1.807) is 10.8 Å². The van der Waals surface area contributed by atoms with Gasteiger partial charge in [0.1, 0.15) is 12.4 Å². The molecule has 0 aromatic carbocycles. The van der Waals surface area contributed by atoms with Crippen molar-refractivity contribution >= 4 is 10.2 Å². The Labute approximate surface area is 192 Å². The Morgan fingerprint density at radius 2 is 1.30 bits per heavy atom. The summed E-state index contributed by atoms with van der Waals surface area (Å²) in [5, 5.41) is 0. The molecule has 16 heteroatoms. The summed E-state index contributed by atoms with van der Waals surface area (Å²) in [6.45, 7) is 0.451. The number of aryl methyl sites for hydroxylation is 1. The lowest BCUT2D eigenvalue weighted by molar-refractivity contribution is -0.696. The number of halogens is 10. The first kappa shape index (κ1) is 31.8. The van der Waals surface area contributed by atoms with Crippen molar-refractivity contribution in [1.82, 2.24) is 8.28 Å². The fourth-order valence-corrected chi connectivity index (χ4v) is 3.57. The Hall–Kier alpha value is -1.22.